The Bertz CT molecular complexity index is 182. The number of hydrogen-bond acceptors (Lipinski definition) is 0. The molecule has 0 amide bonds. The quantitative estimate of drug-likeness (QED) is 0.491. The van der Waals surface area contributed by atoms with Crippen LogP contribution in [0.3, 0.4) is 0 Å². The van der Waals surface area contributed by atoms with Gasteiger partial charge in [0, 0.05) is 12.3 Å². The van der Waals surface area contributed by atoms with Crippen LogP contribution >= 0.6 is 0 Å². The molecule has 0 bridgehead atoms. The maximum absolute atomic E-state index is 8.06. The van der Waals surface area contributed by atoms with Gasteiger partial charge in [-0.15, -0.1) is 6.58 Å². The predicted molar refractivity (Wildman–Crippen MR) is 67.1 cm³/mol. The molecule has 0 saturated heterocycles. The van der Waals surface area contributed by atoms with E-state index in [9.17, 15) is 0 Å². The zero-order chi connectivity index (χ0) is 11.3. The Morgan fingerprint density at radius 2 is 1.87 bits per heavy atom. The van der Waals surface area contributed by atoms with E-state index >= 15 is 0 Å². The molecule has 3 unspecified atom stereocenters. The van der Waals surface area contributed by atoms with Gasteiger partial charge in [0.25, 0.3) is 0 Å². The smallest absolute Gasteiger partial charge is 0.160 e. The molecule has 0 heterocycles. The van der Waals surface area contributed by atoms with Crippen LogP contribution in [0.1, 0.15) is 52.4 Å². The molecule has 1 rings (SSSR count). The van der Waals surface area contributed by atoms with Crippen LogP contribution in [-0.4, -0.2) is 11.2 Å². The van der Waals surface area contributed by atoms with Crippen molar-refractivity contribution in [1.82, 2.24) is 0 Å². The Morgan fingerprint density at radius 1 is 1.27 bits per heavy atom. The molecule has 2 N–H and O–H groups in total. The first-order valence-corrected chi connectivity index (χ1v) is 6.48. The Hall–Kier alpha value is -0.300. The molecular formula is C14H27O+. The van der Waals surface area contributed by atoms with Gasteiger partial charge in [-0.1, -0.05) is 52.0 Å². The lowest BCUT2D eigenvalue weighted by molar-refractivity contribution is 0.0912. The summed E-state index contributed by atoms with van der Waals surface area (Å²) >= 11 is 0. The van der Waals surface area contributed by atoms with E-state index in [4.69, 9.17) is 5.11 Å². The standard InChI is InChI=1S/C14H26O/c1-4-11(2)14(15)10-12(3)13-8-6-5-7-9-13/h4,11-15H,1,5-10H2,2-3H3/p+1. The van der Waals surface area contributed by atoms with Gasteiger partial charge in [0.2, 0.25) is 0 Å². The van der Waals surface area contributed by atoms with E-state index in [1.165, 1.54) is 32.1 Å². The third-order valence-electron chi connectivity index (χ3n) is 4.09. The van der Waals surface area contributed by atoms with Crippen molar-refractivity contribution in [3.8, 4) is 0 Å². The van der Waals surface area contributed by atoms with Gasteiger partial charge >= 0.3 is 0 Å². The van der Waals surface area contributed by atoms with Gasteiger partial charge < -0.3 is 5.11 Å². The van der Waals surface area contributed by atoms with Crippen molar-refractivity contribution < 1.29 is 5.11 Å². The molecule has 1 fully saturated rings. The van der Waals surface area contributed by atoms with Crippen molar-refractivity contribution >= 4 is 0 Å². The summed E-state index contributed by atoms with van der Waals surface area (Å²) in [7, 11) is 0. The third kappa shape index (κ3) is 3.98. The summed E-state index contributed by atoms with van der Waals surface area (Å²) in [4.78, 5) is 0. The lowest BCUT2D eigenvalue weighted by Gasteiger charge is -2.28. The normalized spacial score (nSPS) is 24.5. The maximum atomic E-state index is 8.06. The van der Waals surface area contributed by atoms with Crippen molar-refractivity contribution in [2.24, 2.45) is 17.8 Å². The van der Waals surface area contributed by atoms with Gasteiger partial charge in [-0.2, -0.15) is 0 Å². The predicted octanol–water partition coefficient (Wildman–Crippen LogP) is 3.51. The Morgan fingerprint density at radius 3 is 2.40 bits per heavy atom. The van der Waals surface area contributed by atoms with Crippen LogP contribution in [-0.2, 0) is 0 Å². The van der Waals surface area contributed by atoms with E-state index in [2.05, 4.69) is 20.4 Å². The first-order chi connectivity index (χ1) is 7.15. The second-order valence-electron chi connectivity index (χ2n) is 5.31. The van der Waals surface area contributed by atoms with Gasteiger partial charge in [-0.05, 0) is 11.8 Å². The highest BCUT2D eigenvalue weighted by molar-refractivity contribution is 4.83. The highest BCUT2D eigenvalue weighted by Gasteiger charge is 2.25. The summed E-state index contributed by atoms with van der Waals surface area (Å²) in [5, 5.41) is 8.06. The highest BCUT2D eigenvalue weighted by Crippen LogP contribution is 2.32. The van der Waals surface area contributed by atoms with E-state index in [0.717, 1.165) is 18.3 Å². The summed E-state index contributed by atoms with van der Waals surface area (Å²) in [5.41, 5.74) is 0. The lowest BCUT2D eigenvalue weighted by atomic mass is 9.77. The fraction of sp³-hybridized carbons (Fsp3) is 0.857. The molecule has 3 atom stereocenters. The van der Waals surface area contributed by atoms with Gasteiger partial charge in [0.15, 0.2) is 6.10 Å². The van der Waals surface area contributed by atoms with Crippen LogP contribution < -0.4 is 0 Å². The fourth-order valence-corrected chi connectivity index (χ4v) is 2.68. The molecule has 1 aliphatic rings. The van der Waals surface area contributed by atoms with Gasteiger partial charge in [0.1, 0.15) is 0 Å². The third-order valence-corrected chi connectivity index (χ3v) is 4.09. The summed E-state index contributed by atoms with van der Waals surface area (Å²) in [6, 6.07) is 0. The van der Waals surface area contributed by atoms with Crippen LogP contribution in [0.4, 0.5) is 0 Å². The lowest BCUT2D eigenvalue weighted by Crippen LogP contribution is -2.24. The van der Waals surface area contributed by atoms with E-state index in [-0.39, 0.29) is 6.10 Å². The largest absolute Gasteiger partial charge is 0.443 e. The van der Waals surface area contributed by atoms with Crippen LogP contribution in [0.15, 0.2) is 12.7 Å². The molecule has 15 heavy (non-hydrogen) atoms. The topological polar surface area (TPSA) is 22.9 Å². The second kappa shape index (κ2) is 6.32. The first-order valence-electron chi connectivity index (χ1n) is 6.48. The highest BCUT2D eigenvalue weighted by atomic mass is 16.3. The van der Waals surface area contributed by atoms with Gasteiger partial charge in [-0.3, -0.25) is 0 Å². The van der Waals surface area contributed by atoms with Crippen LogP contribution in [0.2, 0.25) is 0 Å². The SMILES string of the molecule is C=CC(C)C([OH2+])CC(C)C1CCCCC1. The molecule has 0 aromatic heterocycles. The monoisotopic (exact) mass is 211 g/mol. The Kier molecular flexibility index (Phi) is 5.38. The molecule has 88 valence electrons. The van der Waals surface area contributed by atoms with E-state index in [0.29, 0.717) is 5.92 Å². The van der Waals surface area contributed by atoms with Gasteiger partial charge in [-0.25, -0.2) is 0 Å². The van der Waals surface area contributed by atoms with Crippen molar-refractivity contribution in [1.29, 1.82) is 0 Å². The molecule has 0 aromatic carbocycles. The first kappa shape index (κ1) is 12.8. The Balaban J connectivity index is 2.32. The minimum Gasteiger partial charge on any atom is -0.443 e. The summed E-state index contributed by atoms with van der Waals surface area (Å²) in [6.45, 7) is 8.23. The number of hydrogen-bond donors (Lipinski definition) is 0. The maximum Gasteiger partial charge on any atom is 0.160 e. The summed E-state index contributed by atoms with van der Waals surface area (Å²) in [5.74, 6) is 1.97. The summed E-state index contributed by atoms with van der Waals surface area (Å²) in [6.07, 6.45) is 10.1. The van der Waals surface area contributed by atoms with E-state index in [1.54, 1.807) is 0 Å². The van der Waals surface area contributed by atoms with E-state index < -0.39 is 0 Å². The van der Waals surface area contributed by atoms with Crippen molar-refractivity contribution in [2.75, 3.05) is 0 Å². The molecular weight excluding hydrogens is 184 g/mol. The van der Waals surface area contributed by atoms with Crippen molar-refractivity contribution in [2.45, 2.75) is 58.5 Å². The van der Waals surface area contributed by atoms with Crippen LogP contribution in [0.25, 0.3) is 0 Å². The fourth-order valence-electron chi connectivity index (χ4n) is 2.68. The van der Waals surface area contributed by atoms with Crippen molar-refractivity contribution in [3.63, 3.8) is 0 Å². The Labute approximate surface area is 94.6 Å². The molecule has 0 spiro atoms. The average Bonchev–Trinajstić information content (AvgIpc) is 2.29. The molecule has 0 radical (unpaired) electrons. The number of rotatable bonds is 5. The molecule has 0 aromatic rings. The summed E-state index contributed by atoms with van der Waals surface area (Å²) < 4.78 is 0. The zero-order valence-electron chi connectivity index (χ0n) is 10.3. The molecule has 0 aliphatic heterocycles. The van der Waals surface area contributed by atoms with Gasteiger partial charge in [0.05, 0.1) is 0 Å². The zero-order valence-corrected chi connectivity index (χ0v) is 10.3. The van der Waals surface area contributed by atoms with Crippen LogP contribution in [0, 0.1) is 17.8 Å². The molecule has 1 heteroatoms. The second-order valence-corrected chi connectivity index (χ2v) is 5.31. The van der Waals surface area contributed by atoms with E-state index in [1.807, 2.05) is 6.08 Å². The minimum absolute atomic E-state index is 0.0550. The van der Waals surface area contributed by atoms with Crippen molar-refractivity contribution in [3.05, 3.63) is 12.7 Å². The molecule has 1 saturated carbocycles. The van der Waals surface area contributed by atoms with Crippen LogP contribution in [0.5, 0.6) is 0 Å². The minimum atomic E-state index is 0.0550. The average molecular weight is 211 g/mol. The molecule has 1 nitrogen and oxygen atoms in total. The molecule has 1 aliphatic carbocycles.